The first-order valence-electron chi connectivity index (χ1n) is 16.9. The molecule has 46 heavy (non-hydrogen) atoms. The maximum Gasteiger partial charge on any atom is 0.182 e. The molecule has 0 heterocycles. The second kappa shape index (κ2) is 15.7. The van der Waals surface area contributed by atoms with Crippen molar-refractivity contribution >= 4 is 14.5 Å². The van der Waals surface area contributed by atoms with E-state index in [9.17, 15) is 0 Å². The summed E-state index contributed by atoms with van der Waals surface area (Å²) in [5.41, 5.74) is 11.4. The first kappa shape index (κ1) is 37.4. The molecule has 0 saturated heterocycles. The van der Waals surface area contributed by atoms with Gasteiger partial charge < -0.3 is 0 Å². The molecule has 0 spiro atoms. The van der Waals surface area contributed by atoms with Crippen LogP contribution in [0, 0.1) is 32.6 Å². The van der Waals surface area contributed by atoms with Crippen LogP contribution in [0.1, 0.15) is 108 Å². The van der Waals surface area contributed by atoms with Gasteiger partial charge in [0.15, 0.2) is 11.5 Å². The number of hydrogen-bond donors (Lipinski definition) is 0. The van der Waals surface area contributed by atoms with E-state index >= 15 is 0 Å². The average molecular weight is 639 g/mol. The topological polar surface area (TPSA) is 18.5 Å². The quantitative estimate of drug-likeness (QED) is 0.109. The summed E-state index contributed by atoms with van der Waals surface area (Å²) >= 11 is 0. The first-order chi connectivity index (χ1) is 21.3. The minimum absolute atomic E-state index is 0.0397. The molecule has 0 aromatic heterocycles. The Morgan fingerprint density at radius 3 is 1.22 bits per heavy atom. The van der Waals surface area contributed by atoms with Crippen LogP contribution in [0.15, 0.2) is 72.8 Å². The number of benzene rings is 4. The van der Waals surface area contributed by atoms with Gasteiger partial charge in [-0.1, -0.05) is 135 Å². The van der Waals surface area contributed by atoms with E-state index in [2.05, 4.69) is 172 Å². The van der Waals surface area contributed by atoms with Gasteiger partial charge in [0.1, 0.15) is 0 Å². The van der Waals surface area contributed by atoms with Crippen molar-refractivity contribution in [3.63, 3.8) is 0 Å². The van der Waals surface area contributed by atoms with Crippen molar-refractivity contribution in [3.8, 4) is 22.6 Å². The van der Waals surface area contributed by atoms with E-state index in [0.717, 1.165) is 24.3 Å². The van der Waals surface area contributed by atoms with Crippen LogP contribution < -0.4 is 15.1 Å². The van der Waals surface area contributed by atoms with Crippen molar-refractivity contribution in [1.29, 1.82) is 0 Å². The third-order valence-corrected chi connectivity index (χ3v) is 8.65. The van der Waals surface area contributed by atoms with E-state index in [4.69, 9.17) is 9.78 Å². The van der Waals surface area contributed by atoms with Gasteiger partial charge in [-0.2, -0.15) is 0 Å². The van der Waals surface area contributed by atoms with E-state index < -0.39 is 0 Å². The summed E-state index contributed by atoms with van der Waals surface area (Å²) < 4.78 is 0. The van der Waals surface area contributed by atoms with Crippen molar-refractivity contribution in [1.82, 2.24) is 0 Å². The van der Waals surface area contributed by atoms with Gasteiger partial charge in [0.2, 0.25) is 0 Å². The highest BCUT2D eigenvalue weighted by atomic mass is 31.0. The fourth-order valence-electron chi connectivity index (χ4n) is 5.59. The fourth-order valence-corrected chi connectivity index (χ4v) is 5.79. The number of aryl methyl sites for hydroxylation is 3. The van der Waals surface area contributed by atoms with Crippen LogP contribution in [-0.4, -0.2) is 0 Å². The Hall–Kier alpha value is -3.09. The maximum atomic E-state index is 6.10. The van der Waals surface area contributed by atoms with E-state index in [1.54, 1.807) is 0 Å². The SMILES string of the molecule is Cc1cc(OOc2cc(C)c(CC(C)C)cc2C(C)(C)C)c(C(C)(C)C)cc1CC(C)C.Cc1ccc(-c2ccc(P)cc2)cc1. The molecule has 0 radical (unpaired) electrons. The molecular weight excluding hydrogens is 579 g/mol. The maximum absolute atomic E-state index is 6.10. The van der Waals surface area contributed by atoms with Crippen LogP contribution in [0.2, 0.25) is 0 Å². The summed E-state index contributed by atoms with van der Waals surface area (Å²) in [4.78, 5) is 12.2. The molecule has 0 fully saturated rings. The highest BCUT2D eigenvalue weighted by molar-refractivity contribution is 7.27. The lowest BCUT2D eigenvalue weighted by Gasteiger charge is -2.26. The van der Waals surface area contributed by atoms with E-state index in [1.165, 1.54) is 55.4 Å². The molecular formula is C43H59O2P. The Balaban J connectivity index is 0.000000339. The zero-order valence-corrected chi connectivity index (χ0v) is 32.0. The van der Waals surface area contributed by atoms with Gasteiger partial charge in [-0.05, 0) is 107 Å². The van der Waals surface area contributed by atoms with Crippen LogP contribution >= 0.6 is 9.24 Å². The van der Waals surface area contributed by atoms with E-state index in [1.807, 2.05) is 0 Å². The molecule has 0 aliphatic carbocycles. The molecule has 3 heteroatoms. The Kier molecular flexibility index (Phi) is 12.7. The standard InChI is InChI=1S/C30H46O2.C13H13P/c1-19(2)13-23-17-25(29(7,8)9)27(15-21(23)5)31-32-28-16-22(6)24(14-20(3)4)18-26(28)30(10,11)12;1-10-2-4-11(5-3-10)12-6-8-13(14)9-7-12/h15-20H,13-14H2,1-12H3;2-9H,14H2,1H3. The zero-order chi connectivity index (χ0) is 34.4. The van der Waals surface area contributed by atoms with Crippen molar-refractivity contribution in [2.45, 2.75) is 114 Å². The molecule has 0 bridgehead atoms. The second-order valence-electron chi connectivity index (χ2n) is 15.9. The van der Waals surface area contributed by atoms with Gasteiger partial charge in [0.25, 0.3) is 0 Å². The molecule has 4 aromatic carbocycles. The fraction of sp³-hybridized carbons (Fsp3) is 0.442. The minimum Gasteiger partial charge on any atom is -0.290 e. The minimum atomic E-state index is -0.0397. The summed E-state index contributed by atoms with van der Waals surface area (Å²) in [7, 11) is 2.70. The summed E-state index contributed by atoms with van der Waals surface area (Å²) in [5, 5.41) is 1.22. The van der Waals surface area contributed by atoms with Gasteiger partial charge in [-0.15, -0.1) is 9.24 Å². The van der Waals surface area contributed by atoms with Gasteiger partial charge in [0, 0.05) is 11.1 Å². The molecule has 0 amide bonds. The van der Waals surface area contributed by atoms with Crippen LogP contribution in [0.5, 0.6) is 11.5 Å². The van der Waals surface area contributed by atoms with Crippen LogP contribution in [-0.2, 0) is 23.7 Å². The van der Waals surface area contributed by atoms with E-state index in [0.29, 0.717) is 11.8 Å². The smallest absolute Gasteiger partial charge is 0.182 e. The summed E-state index contributed by atoms with van der Waals surface area (Å²) in [6, 6.07) is 26.0. The number of hydrogen-bond acceptors (Lipinski definition) is 2. The summed E-state index contributed by atoms with van der Waals surface area (Å²) in [6.45, 7) is 28.9. The summed E-state index contributed by atoms with van der Waals surface area (Å²) in [5.74, 6) is 2.86. The lowest BCUT2D eigenvalue weighted by Crippen LogP contribution is -2.18. The van der Waals surface area contributed by atoms with Crippen molar-refractivity contribution in [2.75, 3.05) is 0 Å². The molecule has 4 aromatic rings. The zero-order valence-electron chi connectivity index (χ0n) is 30.9. The first-order valence-corrected chi connectivity index (χ1v) is 17.5. The third-order valence-electron chi connectivity index (χ3n) is 8.27. The third kappa shape index (κ3) is 10.7. The molecule has 0 N–H and O–H groups in total. The Morgan fingerprint density at radius 2 is 0.891 bits per heavy atom. The monoisotopic (exact) mass is 638 g/mol. The largest absolute Gasteiger partial charge is 0.290 e. The lowest BCUT2D eigenvalue weighted by molar-refractivity contribution is -0.103. The van der Waals surface area contributed by atoms with Crippen molar-refractivity contribution in [3.05, 3.63) is 112 Å². The number of rotatable bonds is 8. The van der Waals surface area contributed by atoms with Gasteiger partial charge in [0.05, 0.1) is 0 Å². The predicted molar refractivity (Wildman–Crippen MR) is 204 cm³/mol. The highest BCUT2D eigenvalue weighted by Crippen LogP contribution is 2.38. The normalized spacial score (nSPS) is 11.8. The molecule has 2 nitrogen and oxygen atoms in total. The molecule has 0 saturated carbocycles. The Bertz CT molecular complexity index is 1440. The van der Waals surface area contributed by atoms with Crippen LogP contribution in [0.4, 0.5) is 0 Å². The molecule has 4 rings (SSSR count). The van der Waals surface area contributed by atoms with Gasteiger partial charge in [-0.25, -0.2) is 0 Å². The molecule has 248 valence electrons. The molecule has 0 aliphatic heterocycles. The summed E-state index contributed by atoms with van der Waals surface area (Å²) in [6.07, 6.45) is 2.14. The van der Waals surface area contributed by atoms with Gasteiger partial charge >= 0.3 is 0 Å². The van der Waals surface area contributed by atoms with Crippen molar-refractivity contribution in [2.24, 2.45) is 11.8 Å². The lowest BCUT2D eigenvalue weighted by atomic mass is 9.83. The second-order valence-corrected chi connectivity index (χ2v) is 16.6. The molecule has 1 unspecified atom stereocenters. The van der Waals surface area contributed by atoms with Crippen LogP contribution in [0.3, 0.4) is 0 Å². The average Bonchev–Trinajstić information content (AvgIpc) is 2.94. The van der Waals surface area contributed by atoms with Gasteiger partial charge in [-0.3, -0.25) is 9.78 Å². The molecule has 1 atom stereocenters. The molecule has 0 aliphatic rings. The predicted octanol–water partition coefficient (Wildman–Crippen LogP) is 11.8. The Labute approximate surface area is 283 Å². The van der Waals surface area contributed by atoms with E-state index in [-0.39, 0.29) is 10.8 Å². The van der Waals surface area contributed by atoms with Crippen molar-refractivity contribution < 1.29 is 9.78 Å². The van der Waals surface area contributed by atoms with Crippen LogP contribution in [0.25, 0.3) is 11.1 Å². The highest BCUT2D eigenvalue weighted by Gasteiger charge is 2.25. The Morgan fingerprint density at radius 1 is 0.543 bits per heavy atom.